The summed E-state index contributed by atoms with van der Waals surface area (Å²) in [6, 6.07) is 8.31. The van der Waals surface area contributed by atoms with E-state index in [-0.39, 0.29) is 5.02 Å². The summed E-state index contributed by atoms with van der Waals surface area (Å²) in [5, 5.41) is 4.04. The fourth-order valence-corrected chi connectivity index (χ4v) is 4.15. The van der Waals surface area contributed by atoms with Gasteiger partial charge in [-0.3, -0.25) is 0 Å². The van der Waals surface area contributed by atoms with Crippen molar-refractivity contribution in [3.8, 4) is 5.75 Å². The van der Waals surface area contributed by atoms with Crippen molar-refractivity contribution in [2.45, 2.75) is 44.9 Å². The normalized spacial score (nSPS) is 11.1. The van der Waals surface area contributed by atoms with E-state index in [0.717, 1.165) is 72.1 Å². The standard InChI is InChI=1S/C26H27ClFN5O2/c1-35-24-14-23-20(26(31-16-30-23)33-18-8-9-22(28)21(27)13-18)12-17(24)11-19-15-29-25(32-19)7-5-3-2-4-6-10-34/h8-10,12-16H,2-7,11H2,1H3,(H,29,32)(H,30,31,33). The summed E-state index contributed by atoms with van der Waals surface area (Å²) in [5.41, 5.74) is 3.28. The molecule has 0 aliphatic carbocycles. The zero-order chi connectivity index (χ0) is 24.6. The number of fused-ring (bicyclic) bond motifs is 1. The van der Waals surface area contributed by atoms with E-state index < -0.39 is 5.82 Å². The van der Waals surface area contributed by atoms with E-state index in [1.165, 1.54) is 18.5 Å². The lowest BCUT2D eigenvalue weighted by Crippen LogP contribution is -2.00. The van der Waals surface area contributed by atoms with Crippen LogP contribution in [0.25, 0.3) is 10.9 Å². The van der Waals surface area contributed by atoms with Gasteiger partial charge in [-0.15, -0.1) is 0 Å². The third-order valence-corrected chi connectivity index (χ3v) is 6.06. The molecule has 7 nitrogen and oxygen atoms in total. The summed E-state index contributed by atoms with van der Waals surface area (Å²) in [6.45, 7) is 0. The van der Waals surface area contributed by atoms with E-state index in [9.17, 15) is 9.18 Å². The largest absolute Gasteiger partial charge is 0.496 e. The van der Waals surface area contributed by atoms with Gasteiger partial charge >= 0.3 is 0 Å². The van der Waals surface area contributed by atoms with Crippen LogP contribution in [0.3, 0.4) is 0 Å². The number of H-pyrrole nitrogens is 1. The molecule has 0 saturated carbocycles. The highest BCUT2D eigenvalue weighted by atomic mass is 35.5. The van der Waals surface area contributed by atoms with Crippen LogP contribution in [0.1, 0.15) is 49.2 Å². The maximum Gasteiger partial charge on any atom is 0.141 e. The summed E-state index contributed by atoms with van der Waals surface area (Å²) < 4.78 is 19.2. The number of methoxy groups -OCH3 is 1. The molecule has 4 aromatic rings. The van der Waals surface area contributed by atoms with Gasteiger partial charge in [0, 0.05) is 53.9 Å². The van der Waals surface area contributed by atoms with E-state index in [2.05, 4.69) is 25.3 Å². The van der Waals surface area contributed by atoms with Gasteiger partial charge in [-0.05, 0) is 37.1 Å². The molecule has 0 bridgehead atoms. The number of carbonyl (C=O) groups is 1. The zero-order valence-electron chi connectivity index (χ0n) is 19.5. The molecule has 2 N–H and O–H groups in total. The molecule has 0 unspecified atom stereocenters. The van der Waals surface area contributed by atoms with Crippen molar-refractivity contribution >= 4 is 40.3 Å². The number of unbranched alkanes of at least 4 members (excludes halogenated alkanes) is 4. The van der Waals surface area contributed by atoms with Gasteiger partial charge in [0.1, 0.15) is 35.8 Å². The fourth-order valence-electron chi connectivity index (χ4n) is 3.97. The van der Waals surface area contributed by atoms with E-state index >= 15 is 0 Å². The van der Waals surface area contributed by atoms with Crippen LogP contribution in [0.2, 0.25) is 5.02 Å². The first kappa shape index (κ1) is 24.6. The third kappa shape index (κ3) is 6.33. The second-order valence-corrected chi connectivity index (χ2v) is 8.72. The van der Waals surface area contributed by atoms with Crippen LogP contribution in [0.5, 0.6) is 5.75 Å². The number of aldehydes is 1. The molecule has 35 heavy (non-hydrogen) atoms. The first-order valence-electron chi connectivity index (χ1n) is 11.6. The number of benzene rings is 2. The second kappa shape index (κ2) is 11.8. The molecule has 2 aromatic heterocycles. The van der Waals surface area contributed by atoms with Crippen LogP contribution in [-0.2, 0) is 17.6 Å². The number of ether oxygens (including phenoxy) is 1. The Labute approximate surface area is 208 Å². The van der Waals surface area contributed by atoms with Gasteiger partial charge < -0.3 is 19.8 Å². The Hall–Kier alpha value is -3.52. The molecular formula is C26H27ClFN5O2. The number of aromatic amines is 1. The number of hydrogen-bond donors (Lipinski definition) is 2. The number of imidazole rings is 1. The van der Waals surface area contributed by atoms with Gasteiger partial charge in [0.2, 0.25) is 0 Å². The van der Waals surface area contributed by atoms with E-state index in [1.807, 2.05) is 18.3 Å². The Morgan fingerprint density at radius 2 is 1.97 bits per heavy atom. The van der Waals surface area contributed by atoms with E-state index in [0.29, 0.717) is 24.3 Å². The van der Waals surface area contributed by atoms with Crippen molar-refractivity contribution in [3.63, 3.8) is 0 Å². The first-order valence-corrected chi connectivity index (χ1v) is 11.9. The van der Waals surface area contributed by atoms with Crippen LogP contribution in [0.4, 0.5) is 15.9 Å². The topological polar surface area (TPSA) is 92.8 Å². The maximum absolute atomic E-state index is 13.5. The first-order chi connectivity index (χ1) is 17.1. The number of rotatable bonds is 12. The monoisotopic (exact) mass is 495 g/mol. The van der Waals surface area contributed by atoms with Crippen molar-refractivity contribution in [3.05, 3.63) is 70.8 Å². The van der Waals surface area contributed by atoms with E-state index in [4.69, 9.17) is 16.3 Å². The number of aryl methyl sites for hydroxylation is 1. The second-order valence-electron chi connectivity index (χ2n) is 8.31. The number of halogens is 2. The summed E-state index contributed by atoms with van der Waals surface area (Å²) in [6.07, 6.45) is 10.5. The number of aromatic nitrogens is 4. The van der Waals surface area contributed by atoms with E-state index in [1.54, 1.807) is 13.2 Å². The Bertz CT molecular complexity index is 1310. The Balaban J connectivity index is 1.51. The predicted octanol–water partition coefficient (Wildman–Crippen LogP) is 6.18. The van der Waals surface area contributed by atoms with Crippen molar-refractivity contribution in [1.82, 2.24) is 19.9 Å². The Morgan fingerprint density at radius 3 is 2.77 bits per heavy atom. The quantitative estimate of drug-likeness (QED) is 0.180. The molecule has 0 aliphatic heterocycles. The number of nitrogens with one attached hydrogen (secondary N) is 2. The lowest BCUT2D eigenvalue weighted by molar-refractivity contribution is -0.107. The van der Waals surface area contributed by atoms with Crippen LogP contribution in [0.15, 0.2) is 42.9 Å². The SMILES string of the molecule is COc1cc2ncnc(Nc3ccc(F)c(Cl)c3)c2cc1Cc1cnc(CCCCCCC=O)[nH]1. The van der Waals surface area contributed by atoms with Crippen molar-refractivity contribution < 1.29 is 13.9 Å². The molecule has 0 amide bonds. The van der Waals surface area contributed by atoms with Crippen LogP contribution < -0.4 is 10.1 Å². The van der Waals surface area contributed by atoms with Gasteiger partial charge in [-0.2, -0.15) is 0 Å². The molecular weight excluding hydrogens is 469 g/mol. The van der Waals surface area contributed by atoms with Crippen LogP contribution in [0, 0.1) is 5.82 Å². The van der Waals surface area contributed by atoms with Crippen molar-refractivity contribution in [1.29, 1.82) is 0 Å². The van der Waals surface area contributed by atoms with Gasteiger partial charge in [0.05, 0.1) is 17.6 Å². The minimum atomic E-state index is -0.478. The molecule has 0 saturated heterocycles. The van der Waals surface area contributed by atoms with Gasteiger partial charge in [-0.1, -0.05) is 24.4 Å². The molecule has 182 valence electrons. The fraction of sp³-hybridized carbons (Fsp3) is 0.308. The highest BCUT2D eigenvalue weighted by Crippen LogP contribution is 2.31. The van der Waals surface area contributed by atoms with Gasteiger partial charge in [-0.25, -0.2) is 19.3 Å². The lowest BCUT2D eigenvalue weighted by Gasteiger charge is -2.13. The summed E-state index contributed by atoms with van der Waals surface area (Å²) in [7, 11) is 1.63. The molecule has 9 heteroatoms. The minimum absolute atomic E-state index is 0.0340. The molecule has 0 aliphatic rings. The molecule has 0 spiro atoms. The summed E-state index contributed by atoms with van der Waals surface area (Å²) in [4.78, 5) is 27.1. The molecule has 0 radical (unpaired) electrons. The number of nitrogens with zero attached hydrogens (tertiary/aromatic N) is 3. The third-order valence-electron chi connectivity index (χ3n) is 5.77. The molecule has 4 rings (SSSR count). The maximum atomic E-state index is 13.5. The lowest BCUT2D eigenvalue weighted by atomic mass is 10.1. The summed E-state index contributed by atoms with van der Waals surface area (Å²) in [5.74, 6) is 1.78. The highest BCUT2D eigenvalue weighted by Gasteiger charge is 2.13. The molecule has 0 fully saturated rings. The highest BCUT2D eigenvalue weighted by molar-refractivity contribution is 6.31. The zero-order valence-corrected chi connectivity index (χ0v) is 20.2. The number of hydrogen-bond acceptors (Lipinski definition) is 6. The molecule has 2 heterocycles. The van der Waals surface area contributed by atoms with Crippen molar-refractivity contribution in [2.75, 3.05) is 12.4 Å². The average Bonchev–Trinajstić information content (AvgIpc) is 3.30. The minimum Gasteiger partial charge on any atom is -0.496 e. The Kier molecular flexibility index (Phi) is 8.26. The van der Waals surface area contributed by atoms with Crippen LogP contribution >= 0.6 is 11.6 Å². The van der Waals surface area contributed by atoms with Crippen LogP contribution in [-0.4, -0.2) is 33.3 Å². The number of anilines is 2. The van der Waals surface area contributed by atoms with Gasteiger partial charge in [0.15, 0.2) is 0 Å². The molecule has 2 aromatic carbocycles. The average molecular weight is 496 g/mol. The smallest absolute Gasteiger partial charge is 0.141 e. The van der Waals surface area contributed by atoms with Crippen molar-refractivity contribution in [2.24, 2.45) is 0 Å². The summed E-state index contributed by atoms with van der Waals surface area (Å²) >= 11 is 5.93. The Morgan fingerprint density at radius 1 is 1.11 bits per heavy atom. The van der Waals surface area contributed by atoms with Gasteiger partial charge in [0.25, 0.3) is 0 Å². The molecule has 0 atom stereocenters. The predicted molar refractivity (Wildman–Crippen MR) is 135 cm³/mol. The number of carbonyl (C=O) groups excluding carboxylic acids is 1.